The highest BCUT2D eigenvalue weighted by Crippen LogP contribution is 2.12. The van der Waals surface area contributed by atoms with Crippen LogP contribution in [0, 0.1) is 0 Å². The molecular formula is C18H38NO4S2+. The molecular weight excluding hydrogens is 358 g/mol. The molecule has 5 nitrogen and oxygen atoms in total. The molecule has 1 saturated heterocycles. The maximum absolute atomic E-state index is 5.68. The van der Waals surface area contributed by atoms with E-state index >= 15 is 0 Å². The lowest BCUT2D eigenvalue weighted by molar-refractivity contribution is -0.901. The molecule has 0 radical (unpaired) electrons. The molecule has 0 amide bonds. The average molecular weight is 397 g/mol. The number of hydrogen-bond acceptors (Lipinski definition) is 6. The molecule has 0 spiro atoms. The highest BCUT2D eigenvalue weighted by molar-refractivity contribution is 7.81. The van der Waals surface area contributed by atoms with E-state index in [1.807, 2.05) is 0 Å². The zero-order valence-corrected chi connectivity index (χ0v) is 17.4. The summed E-state index contributed by atoms with van der Waals surface area (Å²) in [4.78, 5) is 1.56. The fraction of sp³-hybridized carbons (Fsp3) is 1.00. The minimum absolute atomic E-state index is 0.509. The topological polar surface area (TPSA) is 41.4 Å². The first-order valence-electron chi connectivity index (χ1n) is 9.76. The summed E-state index contributed by atoms with van der Waals surface area (Å²) in [6.07, 6.45) is 6.09. The van der Waals surface area contributed by atoms with E-state index in [2.05, 4.69) is 25.3 Å². The Labute approximate surface area is 164 Å². The minimum Gasteiger partial charge on any atom is -0.377 e. The number of thiol groups is 2. The molecule has 0 aliphatic carbocycles. The Morgan fingerprint density at radius 1 is 0.680 bits per heavy atom. The smallest absolute Gasteiger partial charge is 0.101 e. The first-order valence-corrected chi connectivity index (χ1v) is 10.9. The summed E-state index contributed by atoms with van der Waals surface area (Å²) in [6.45, 7) is 8.71. The van der Waals surface area contributed by atoms with Crippen LogP contribution in [0.25, 0.3) is 0 Å². The summed E-state index contributed by atoms with van der Waals surface area (Å²) in [6, 6.07) is 0. The van der Waals surface area contributed by atoms with Crippen molar-refractivity contribution in [2.24, 2.45) is 0 Å². The van der Waals surface area contributed by atoms with Crippen LogP contribution in [-0.4, -0.2) is 83.5 Å². The zero-order chi connectivity index (χ0) is 18.0. The van der Waals surface area contributed by atoms with Crippen LogP contribution in [0.1, 0.15) is 32.1 Å². The normalized spacial score (nSPS) is 21.4. The van der Waals surface area contributed by atoms with Crippen molar-refractivity contribution >= 4 is 25.3 Å². The first-order chi connectivity index (χ1) is 12.3. The summed E-state index contributed by atoms with van der Waals surface area (Å²) in [5, 5.41) is 0.509. The van der Waals surface area contributed by atoms with E-state index in [1.54, 1.807) is 4.90 Å². The van der Waals surface area contributed by atoms with Gasteiger partial charge in [-0.15, -0.1) is 0 Å². The summed E-state index contributed by atoms with van der Waals surface area (Å²) < 4.78 is 22.3. The Balaban J connectivity index is 2.16. The predicted molar refractivity (Wildman–Crippen MR) is 109 cm³/mol. The van der Waals surface area contributed by atoms with Gasteiger partial charge in [-0.2, -0.15) is 25.3 Å². The Morgan fingerprint density at radius 2 is 1.20 bits per heavy atom. The summed E-state index contributed by atoms with van der Waals surface area (Å²) in [5.41, 5.74) is 0. The van der Waals surface area contributed by atoms with Crippen molar-refractivity contribution in [3.8, 4) is 0 Å². The third kappa shape index (κ3) is 15.3. The SMILES string of the molecule is SCCC(S)CCCCC[NH+]1CCOCCOCCOCCOCC1. The highest BCUT2D eigenvalue weighted by atomic mass is 32.1. The molecule has 25 heavy (non-hydrogen) atoms. The van der Waals surface area contributed by atoms with E-state index in [4.69, 9.17) is 18.9 Å². The molecule has 1 heterocycles. The zero-order valence-electron chi connectivity index (χ0n) is 15.6. The number of quaternary nitrogens is 1. The lowest BCUT2D eigenvalue weighted by Crippen LogP contribution is -3.13. The highest BCUT2D eigenvalue weighted by Gasteiger charge is 2.09. The molecule has 0 aromatic carbocycles. The summed E-state index contributed by atoms with van der Waals surface area (Å²) >= 11 is 8.87. The van der Waals surface area contributed by atoms with Crippen LogP contribution < -0.4 is 4.90 Å². The second kappa shape index (κ2) is 17.9. The maximum atomic E-state index is 5.68. The number of rotatable bonds is 8. The van der Waals surface area contributed by atoms with Gasteiger partial charge in [0.25, 0.3) is 0 Å². The third-order valence-electron chi connectivity index (χ3n) is 4.35. The van der Waals surface area contributed by atoms with Crippen molar-refractivity contribution < 1.29 is 23.8 Å². The minimum atomic E-state index is 0.509. The number of nitrogens with one attached hydrogen (secondary N) is 1. The van der Waals surface area contributed by atoms with Gasteiger partial charge in [0.05, 0.1) is 59.4 Å². The van der Waals surface area contributed by atoms with Gasteiger partial charge in [0.15, 0.2) is 0 Å². The van der Waals surface area contributed by atoms with Crippen LogP contribution in [0.4, 0.5) is 0 Å². The van der Waals surface area contributed by atoms with Crippen LogP contribution in [0.5, 0.6) is 0 Å². The van der Waals surface area contributed by atoms with Gasteiger partial charge in [-0.3, -0.25) is 0 Å². The molecule has 0 saturated carbocycles. The Hall–Kier alpha value is 0.500. The predicted octanol–water partition coefficient (Wildman–Crippen LogP) is 1.13. The lowest BCUT2D eigenvalue weighted by atomic mass is 10.1. The quantitative estimate of drug-likeness (QED) is 0.425. The molecule has 1 unspecified atom stereocenters. The molecule has 7 heteroatoms. The van der Waals surface area contributed by atoms with Gasteiger partial charge in [-0.25, -0.2) is 0 Å². The second-order valence-electron chi connectivity index (χ2n) is 6.46. The fourth-order valence-electron chi connectivity index (χ4n) is 2.79. The van der Waals surface area contributed by atoms with E-state index in [0.29, 0.717) is 44.9 Å². The molecule has 1 fully saturated rings. The van der Waals surface area contributed by atoms with Crippen molar-refractivity contribution in [1.82, 2.24) is 0 Å². The van der Waals surface area contributed by atoms with Gasteiger partial charge in [0.2, 0.25) is 0 Å². The van der Waals surface area contributed by atoms with Crippen LogP contribution in [0.15, 0.2) is 0 Å². The molecule has 1 rings (SSSR count). The van der Waals surface area contributed by atoms with E-state index < -0.39 is 0 Å². The average Bonchev–Trinajstić information content (AvgIpc) is 2.61. The molecule has 1 aliphatic heterocycles. The third-order valence-corrected chi connectivity index (χ3v) is 5.12. The van der Waals surface area contributed by atoms with Crippen molar-refractivity contribution in [2.45, 2.75) is 37.4 Å². The van der Waals surface area contributed by atoms with Crippen molar-refractivity contribution in [3.05, 3.63) is 0 Å². The van der Waals surface area contributed by atoms with Gasteiger partial charge in [0, 0.05) is 5.25 Å². The first kappa shape index (κ1) is 23.5. The van der Waals surface area contributed by atoms with Gasteiger partial charge in [-0.1, -0.05) is 6.42 Å². The second-order valence-corrected chi connectivity index (χ2v) is 7.64. The maximum Gasteiger partial charge on any atom is 0.101 e. The van der Waals surface area contributed by atoms with E-state index in [1.165, 1.54) is 32.2 Å². The Kier molecular flexibility index (Phi) is 16.8. The van der Waals surface area contributed by atoms with E-state index in [0.717, 1.165) is 38.5 Å². The van der Waals surface area contributed by atoms with Gasteiger partial charge in [0.1, 0.15) is 13.1 Å². The summed E-state index contributed by atoms with van der Waals surface area (Å²) in [5.74, 6) is 0.933. The number of ether oxygens (including phenoxy) is 4. The van der Waals surface area contributed by atoms with Crippen LogP contribution in [0.3, 0.4) is 0 Å². The van der Waals surface area contributed by atoms with Crippen molar-refractivity contribution in [2.75, 3.05) is 78.2 Å². The van der Waals surface area contributed by atoms with Gasteiger partial charge in [-0.05, 0) is 31.4 Å². The van der Waals surface area contributed by atoms with Gasteiger partial charge < -0.3 is 23.8 Å². The molecule has 0 aromatic rings. The van der Waals surface area contributed by atoms with Crippen LogP contribution in [0.2, 0.25) is 0 Å². The Morgan fingerprint density at radius 3 is 1.72 bits per heavy atom. The molecule has 1 N–H and O–H groups in total. The molecule has 0 bridgehead atoms. The molecule has 150 valence electrons. The number of hydrogen-bond donors (Lipinski definition) is 3. The summed E-state index contributed by atoms with van der Waals surface area (Å²) in [7, 11) is 0. The largest absolute Gasteiger partial charge is 0.377 e. The van der Waals surface area contributed by atoms with Crippen molar-refractivity contribution in [3.63, 3.8) is 0 Å². The monoisotopic (exact) mass is 396 g/mol. The van der Waals surface area contributed by atoms with E-state index in [9.17, 15) is 0 Å². The molecule has 0 aromatic heterocycles. The van der Waals surface area contributed by atoms with E-state index in [-0.39, 0.29) is 0 Å². The molecule has 1 atom stereocenters. The number of unbranched alkanes of at least 4 members (excludes halogenated alkanes) is 2. The Bertz CT molecular complexity index is 272. The van der Waals surface area contributed by atoms with Crippen LogP contribution in [-0.2, 0) is 18.9 Å². The van der Waals surface area contributed by atoms with Gasteiger partial charge >= 0.3 is 0 Å². The lowest BCUT2D eigenvalue weighted by Gasteiger charge is -2.19. The van der Waals surface area contributed by atoms with Crippen molar-refractivity contribution in [1.29, 1.82) is 0 Å². The standard InChI is InChI=1S/C18H37NO4S2/c24-17-5-18(25)4-2-1-3-6-19-7-9-20-11-13-22-15-16-23-14-12-21-10-8-19/h18,24-25H,1-17H2/p+1. The fourth-order valence-corrected chi connectivity index (χ4v) is 3.62. The molecule has 1 aliphatic rings. The van der Waals surface area contributed by atoms with Crippen LogP contribution >= 0.6 is 25.3 Å².